The van der Waals surface area contributed by atoms with E-state index in [9.17, 15) is 14.4 Å². The number of ether oxygens (including phenoxy) is 6. The van der Waals surface area contributed by atoms with Crippen LogP contribution in [0.2, 0.25) is 0 Å². The Morgan fingerprint density at radius 2 is 1.57 bits per heavy atom. The molecule has 1 aliphatic rings. The highest BCUT2D eigenvalue weighted by molar-refractivity contribution is 5.67. The molecule has 9 nitrogen and oxygen atoms in total. The van der Waals surface area contributed by atoms with Gasteiger partial charge in [0.1, 0.15) is 30.3 Å². The Morgan fingerprint density at radius 3 is 2.11 bits per heavy atom. The molecule has 4 atom stereocenters. The molecule has 0 aromatic heterocycles. The summed E-state index contributed by atoms with van der Waals surface area (Å²) in [7, 11) is 1.55. The van der Waals surface area contributed by atoms with Gasteiger partial charge in [-0.05, 0) is 24.3 Å². The summed E-state index contributed by atoms with van der Waals surface area (Å²) in [5.41, 5.74) is 0. The minimum atomic E-state index is -0.934. The molecule has 154 valence electrons. The van der Waals surface area contributed by atoms with E-state index in [-0.39, 0.29) is 13.0 Å². The molecule has 28 heavy (non-hydrogen) atoms. The number of benzene rings is 1. The number of methoxy groups -OCH3 is 1. The van der Waals surface area contributed by atoms with Crippen molar-refractivity contribution in [2.75, 3.05) is 13.7 Å². The van der Waals surface area contributed by atoms with Gasteiger partial charge in [0, 0.05) is 20.8 Å². The van der Waals surface area contributed by atoms with Crippen molar-refractivity contribution in [3.05, 3.63) is 24.3 Å². The molecule has 0 amide bonds. The van der Waals surface area contributed by atoms with Crippen LogP contribution in [0.15, 0.2) is 24.3 Å². The highest BCUT2D eigenvalue weighted by Crippen LogP contribution is 2.29. The Morgan fingerprint density at radius 1 is 0.964 bits per heavy atom. The minimum absolute atomic E-state index is 0.125. The molecule has 0 bridgehead atoms. The predicted octanol–water partition coefficient (Wildman–Crippen LogP) is 1.62. The van der Waals surface area contributed by atoms with Gasteiger partial charge in [0.15, 0.2) is 6.10 Å². The third kappa shape index (κ3) is 6.41. The summed E-state index contributed by atoms with van der Waals surface area (Å²) >= 11 is 0. The fraction of sp³-hybridized carbons (Fsp3) is 0.526. The molecule has 1 aromatic rings. The molecule has 0 saturated carbocycles. The van der Waals surface area contributed by atoms with Gasteiger partial charge in [-0.1, -0.05) is 0 Å². The Hall–Kier alpha value is -2.81. The van der Waals surface area contributed by atoms with E-state index in [0.717, 1.165) is 0 Å². The summed E-state index contributed by atoms with van der Waals surface area (Å²) < 4.78 is 32.3. The minimum Gasteiger partial charge on any atom is -0.497 e. The van der Waals surface area contributed by atoms with E-state index in [4.69, 9.17) is 28.4 Å². The molecule has 0 unspecified atom stereocenters. The van der Waals surface area contributed by atoms with E-state index in [0.29, 0.717) is 11.5 Å². The van der Waals surface area contributed by atoms with Crippen molar-refractivity contribution in [2.45, 2.75) is 51.8 Å². The lowest BCUT2D eigenvalue weighted by atomic mass is 10.0. The van der Waals surface area contributed by atoms with E-state index in [1.807, 2.05) is 0 Å². The van der Waals surface area contributed by atoms with Crippen LogP contribution in [0.1, 0.15) is 27.2 Å². The second-order valence-electron chi connectivity index (χ2n) is 6.16. The lowest BCUT2D eigenvalue weighted by Gasteiger charge is -2.39. The number of hydrogen-bond acceptors (Lipinski definition) is 9. The second-order valence-corrected chi connectivity index (χ2v) is 6.16. The molecule has 1 aromatic carbocycles. The van der Waals surface area contributed by atoms with Gasteiger partial charge < -0.3 is 28.4 Å². The fourth-order valence-corrected chi connectivity index (χ4v) is 2.78. The highest BCUT2D eigenvalue weighted by atomic mass is 16.7. The Labute approximate surface area is 162 Å². The smallest absolute Gasteiger partial charge is 0.303 e. The van der Waals surface area contributed by atoms with E-state index >= 15 is 0 Å². The van der Waals surface area contributed by atoms with Crippen LogP contribution in [0.4, 0.5) is 0 Å². The predicted molar refractivity (Wildman–Crippen MR) is 94.6 cm³/mol. The highest BCUT2D eigenvalue weighted by Gasteiger charge is 2.44. The van der Waals surface area contributed by atoms with Crippen LogP contribution in [0.3, 0.4) is 0 Å². The third-order valence-electron chi connectivity index (χ3n) is 3.88. The number of esters is 3. The van der Waals surface area contributed by atoms with Gasteiger partial charge >= 0.3 is 17.9 Å². The number of rotatable bonds is 7. The maximum Gasteiger partial charge on any atom is 0.303 e. The number of carbonyl (C=O) groups is 3. The SMILES string of the molecule is COc1ccc(O[C@@H]2C[C@@H](OC(C)=O)[C@H](OC(C)=O)[C@@H](COC(C)=O)O2)cc1. The summed E-state index contributed by atoms with van der Waals surface area (Å²) in [6.07, 6.45) is -3.31. The molecule has 0 aliphatic carbocycles. The maximum atomic E-state index is 11.5. The van der Waals surface area contributed by atoms with E-state index in [1.165, 1.54) is 20.8 Å². The molecule has 0 spiro atoms. The molecule has 0 N–H and O–H groups in total. The Balaban J connectivity index is 2.18. The third-order valence-corrected chi connectivity index (χ3v) is 3.88. The van der Waals surface area contributed by atoms with Crippen molar-refractivity contribution in [1.29, 1.82) is 0 Å². The van der Waals surface area contributed by atoms with E-state index in [1.54, 1.807) is 31.4 Å². The normalized spacial score (nSPS) is 24.0. The van der Waals surface area contributed by atoms with Crippen molar-refractivity contribution in [3.63, 3.8) is 0 Å². The maximum absolute atomic E-state index is 11.5. The van der Waals surface area contributed by atoms with Crippen LogP contribution < -0.4 is 9.47 Å². The van der Waals surface area contributed by atoms with Gasteiger partial charge in [0.25, 0.3) is 0 Å². The van der Waals surface area contributed by atoms with Gasteiger partial charge in [-0.15, -0.1) is 0 Å². The quantitative estimate of drug-likeness (QED) is 0.502. The van der Waals surface area contributed by atoms with Gasteiger partial charge in [-0.3, -0.25) is 14.4 Å². The monoisotopic (exact) mass is 396 g/mol. The number of carbonyl (C=O) groups excluding carboxylic acids is 3. The molecule has 1 fully saturated rings. The van der Waals surface area contributed by atoms with Gasteiger partial charge in [0.2, 0.25) is 6.29 Å². The van der Waals surface area contributed by atoms with E-state index in [2.05, 4.69) is 0 Å². The van der Waals surface area contributed by atoms with Crippen LogP contribution in [-0.4, -0.2) is 56.2 Å². The zero-order valence-electron chi connectivity index (χ0n) is 16.2. The van der Waals surface area contributed by atoms with Gasteiger partial charge in [-0.25, -0.2) is 0 Å². The average molecular weight is 396 g/mol. The largest absolute Gasteiger partial charge is 0.497 e. The molecule has 0 radical (unpaired) electrons. The van der Waals surface area contributed by atoms with Gasteiger partial charge in [0.05, 0.1) is 13.5 Å². The van der Waals surface area contributed by atoms with Crippen LogP contribution in [0.25, 0.3) is 0 Å². The number of hydrogen-bond donors (Lipinski definition) is 0. The molecule has 2 rings (SSSR count). The van der Waals surface area contributed by atoms with Crippen molar-refractivity contribution < 1.29 is 42.8 Å². The van der Waals surface area contributed by atoms with Crippen molar-refractivity contribution in [3.8, 4) is 11.5 Å². The molecule has 9 heteroatoms. The summed E-state index contributed by atoms with van der Waals surface area (Å²) in [4.78, 5) is 34.2. The molecular formula is C19H24O9. The molecule has 1 saturated heterocycles. The Bertz CT molecular complexity index is 685. The van der Waals surface area contributed by atoms with Crippen LogP contribution in [-0.2, 0) is 33.3 Å². The van der Waals surface area contributed by atoms with Crippen molar-refractivity contribution in [2.24, 2.45) is 0 Å². The summed E-state index contributed by atoms with van der Waals surface area (Å²) in [5, 5.41) is 0. The summed E-state index contributed by atoms with van der Waals surface area (Å²) in [5.74, 6) is -0.471. The zero-order chi connectivity index (χ0) is 20.7. The van der Waals surface area contributed by atoms with Crippen LogP contribution >= 0.6 is 0 Å². The first-order valence-electron chi connectivity index (χ1n) is 8.72. The fourth-order valence-electron chi connectivity index (χ4n) is 2.78. The molecule has 1 aliphatic heterocycles. The lowest BCUT2D eigenvalue weighted by molar-refractivity contribution is -0.245. The Kier molecular flexibility index (Phi) is 7.62. The average Bonchev–Trinajstić information content (AvgIpc) is 2.62. The summed E-state index contributed by atoms with van der Waals surface area (Å²) in [6, 6.07) is 6.84. The zero-order valence-corrected chi connectivity index (χ0v) is 16.2. The lowest BCUT2D eigenvalue weighted by Crippen LogP contribution is -2.54. The van der Waals surface area contributed by atoms with Crippen LogP contribution in [0, 0.1) is 0 Å². The standard InChI is InChI=1S/C19H24O9/c1-11(20)24-10-17-19(26-13(3)22)16(25-12(2)21)9-18(28-17)27-15-7-5-14(23-4)6-8-15/h5-8,16-19H,9-10H2,1-4H3/t16-,17-,18+,19+/m1/s1. The molecule has 1 heterocycles. The second kappa shape index (κ2) is 9.93. The molecular weight excluding hydrogens is 372 g/mol. The van der Waals surface area contributed by atoms with Crippen molar-refractivity contribution in [1.82, 2.24) is 0 Å². The van der Waals surface area contributed by atoms with E-state index < -0.39 is 42.5 Å². The summed E-state index contributed by atoms with van der Waals surface area (Å²) in [6.45, 7) is 3.54. The van der Waals surface area contributed by atoms with Gasteiger partial charge in [-0.2, -0.15) is 0 Å². The first-order chi connectivity index (χ1) is 13.3. The first kappa shape index (κ1) is 21.5. The topological polar surface area (TPSA) is 107 Å². The van der Waals surface area contributed by atoms with Crippen LogP contribution in [0.5, 0.6) is 11.5 Å². The van der Waals surface area contributed by atoms with Crippen molar-refractivity contribution >= 4 is 17.9 Å². The first-order valence-corrected chi connectivity index (χ1v) is 8.72.